The summed E-state index contributed by atoms with van der Waals surface area (Å²) in [6, 6.07) is 9.77. The first-order valence-corrected chi connectivity index (χ1v) is 4.79. The third-order valence-corrected chi connectivity index (χ3v) is 2.13. The lowest BCUT2D eigenvalue weighted by atomic mass is 10.1. The van der Waals surface area contributed by atoms with Gasteiger partial charge in [0.2, 0.25) is 10.9 Å². The molecule has 0 aliphatic heterocycles. The van der Waals surface area contributed by atoms with Crippen molar-refractivity contribution in [1.82, 2.24) is 9.97 Å². The van der Waals surface area contributed by atoms with Crippen molar-refractivity contribution in [3.05, 3.63) is 48.5 Å². The first-order valence-electron chi connectivity index (χ1n) is 4.38. The zero-order valence-corrected chi connectivity index (χ0v) is 8.61. The summed E-state index contributed by atoms with van der Waals surface area (Å²) in [7, 11) is 0. The van der Waals surface area contributed by atoms with Crippen LogP contribution in [0.1, 0.15) is 5.82 Å². The van der Waals surface area contributed by atoms with Crippen LogP contribution >= 0.6 is 12.2 Å². The summed E-state index contributed by atoms with van der Waals surface area (Å²) in [5, 5.41) is 8.71. The molecule has 2 aromatic rings. The summed E-state index contributed by atoms with van der Waals surface area (Å²) in [4.78, 5) is 7.90. The van der Waals surface area contributed by atoms with Gasteiger partial charge in [0.25, 0.3) is 0 Å². The van der Waals surface area contributed by atoms with Gasteiger partial charge in [-0.25, -0.2) is 9.97 Å². The fourth-order valence-corrected chi connectivity index (χ4v) is 1.32. The molecule has 0 aliphatic rings. The van der Waals surface area contributed by atoms with E-state index in [0.717, 1.165) is 11.1 Å². The molecular weight excluding hydrogens is 208 g/mol. The molecular formula is C11H8N2OS. The van der Waals surface area contributed by atoms with Gasteiger partial charge in [-0.1, -0.05) is 30.3 Å². The Bertz CT molecular complexity index is 468. The predicted molar refractivity (Wildman–Crippen MR) is 61.8 cm³/mol. The lowest BCUT2D eigenvalue weighted by molar-refractivity contribution is 0.565. The van der Waals surface area contributed by atoms with Crippen LogP contribution in [0, 0.1) is 0 Å². The number of aliphatic hydroxyl groups excluding tert-OH is 1. The summed E-state index contributed by atoms with van der Waals surface area (Å²) >= 11 is 4.55. The van der Waals surface area contributed by atoms with Gasteiger partial charge in [-0.15, -0.1) is 0 Å². The highest BCUT2D eigenvalue weighted by molar-refractivity contribution is 7.80. The topological polar surface area (TPSA) is 46.0 Å². The Balaban J connectivity index is 2.36. The van der Waals surface area contributed by atoms with Gasteiger partial charge in [-0.2, -0.15) is 0 Å². The first kappa shape index (κ1) is 9.73. The van der Waals surface area contributed by atoms with E-state index in [0.29, 0.717) is 0 Å². The minimum atomic E-state index is -0.283. The lowest BCUT2D eigenvalue weighted by Gasteiger charge is -2.00. The highest BCUT2D eigenvalue weighted by Gasteiger charge is 2.02. The van der Waals surface area contributed by atoms with Crippen LogP contribution in [-0.4, -0.2) is 20.1 Å². The maximum Gasteiger partial charge on any atom is 0.227 e. The van der Waals surface area contributed by atoms with E-state index >= 15 is 0 Å². The fourth-order valence-electron chi connectivity index (χ4n) is 1.22. The van der Waals surface area contributed by atoms with Gasteiger partial charge in [-0.3, -0.25) is 0 Å². The Morgan fingerprint density at radius 2 is 1.60 bits per heavy atom. The largest absolute Gasteiger partial charge is 0.496 e. The van der Waals surface area contributed by atoms with Crippen LogP contribution in [0.4, 0.5) is 0 Å². The molecule has 1 aromatic heterocycles. The Kier molecular flexibility index (Phi) is 2.69. The molecule has 0 aliphatic carbocycles. The van der Waals surface area contributed by atoms with Gasteiger partial charge in [-0.05, 0) is 17.8 Å². The van der Waals surface area contributed by atoms with Crippen molar-refractivity contribution in [1.29, 1.82) is 0 Å². The van der Waals surface area contributed by atoms with Crippen LogP contribution in [0.15, 0.2) is 42.7 Å². The van der Waals surface area contributed by atoms with E-state index in [1.54, 1.807) is 12.4 Å². The SMILES string of the molecule is OC(=S)c1ncc(-c2ccccc2)cn1. The molecule has 0 radical (unpaired) electrons. The van der Waals surface area contributed by atoms with Crippen LogP contribution < -0.4 is 0 Å². The van der Waals surface area contributed by atoms with Crippen molar-refractivity contribution in [2.24, 2.45) is 0 Å². The Morgan fingerprint density at radius 1 is 1.00 bits per heavy atom. The number of hydrogen-bond donors (Lipinski definition) is 1. The maximum absolute atomic E-state index is 8.99. The quantitative estimate of drug-likeness (QED) is 0.783. The molecule has 0 atom stereocenters. The molecule has 0 unspecified atom stereocenters. The Morgan fingerprint density at radius 3 is 2.13 bits per heavy atom. The van der Waals surface area contributed by atoms with Gasteiger partial charge in [0.1, 0.15) is 0 Å². The van der Waals surface area contributed by atoms with Gasteiger partial charge in [0, 0.05) is 18.0 Å². The van der Waals surface area contributed by atoms with Crippen LogP contribution in [0.2, 0.25) is 0 Å². The van der Waals surface area contributed by atoms with E-state index in [2.05, 4.69) is 22.2 Å². The second-order valence-corrected chi connectivity index (χ2v) is 3.35. The molecule has 0 fully saturated rings. The van der Waals surface area contributed by atoms with Crippen molar-refractivity contribution in [3.8, 4) is 11.1 Å². The van der Waals surface area contributed by atoms with Gasteiger partial charge in [0.05, 0.1) is 0 Å². The normalized spacial score (nSPS) is 9.87. The second-order valence-electron chi connectivity index (χ2n) is 2.97. The third-order valence-electron chi connectivity index (χ3n) is 1.95. The number of benzene rings is 1. The molecule has 1 heterocycles. The highest BCUT2D eigenvalue weighted by atomic mass is 32.1. The summed E-state index contributed by atoms with van der Waals surface area (Å²) in [5.74, 6) is 0.185. The molecule has 1 N–H and O–H groups in total. The Hall–Kier alpha value is -1.81. The van der Waals surface area contributed by atoms with Crippen LogP contribution in [0.3, 0.4) is 0 Å². The molecule has 1 aromatic carbocycles. The standard InChI is InChI=1S/C11H8N2OS/c14-11(15)10-12-6-9(7-13-10)8-4-2-1-3-5-8/h1-7H,(H,14,15). The van der Waals surface area contributed by atoms with Crippen molar-refractivity contribution in [2.45, 2.75) is 0 Å². The van der Waals surface area contributed by atoms with E-state index in [9.17, 15) is 0 Å². The summed E-state index contributed by atoms with van der Waals surface area (Å²) < 4.78 is 0. The second kappa shape index (κ2) is 4.14. The van der Waals surface area contributed by atoms with Crippen LogP contribution in [0.25, 0.3) is 11.1 Å². The fraction of sp³-hybridized carbons (Fsp3) is 0. The molecule has 0 spiro atoms. The van der Waals surface area contributed by atoms with E-state index in [4.69, 9.17) is 5.11 Å². The number of aromatic nitrogens is 2. The molecule has 3 nitrogen and oxygen atoms in total. The van der Waals surface area contributed by atoms with E-state index in [1.165, 1.54) is 0 Å². The lowest BCUT2D eigenvalue weighted by Crippen LogP contribution is -2.01. The van der Waals surface area contributed by atoms with Crippen LogP contribution in [0.5, 0.6) is 0 Å². The van der Waals surface area contributed by atoms with E-state index in [-0.39, 0.29) is 10.9 Å². The molecule has 15 heavy (non-hydrogen) atoms. The smallest absolute Gasteiger partial charge is 0.227 e. The summed E-state index contributed by atoms with van der Waals surface area (Å²) in [5.41, 5.74) is 1.93. The maximum atomic E-state index is 8.99. The minimum Gasteiger partial charge on any atom is -0.496 e. The van der Waals surface area contributed by atoms with Crippen molar-refractivity contribution in [3.63, 3.8) is 0 Å². The third kappa shape index (κ3) is 2.16. The molecule has 0 bridgehead atoms. The number of hydrogen-bond acceptors (Lipinski definition) is 3. The number of nitrogens with zero attached hydrogens (tertiary/aromatic N) is 2. The minimum absolute atomic E-state index is 0.185. The molecule has 0 saturated heterocycles. The number of thiocarbonyl (C=S) groups is 1. The molecule has 74 valence electrons. The summed E-state index contributed by atoms with van der Waals surface area (Å²) in [6.45, 7) is 0. The van der Waals surface area contributed by atoms with E-state index in [1.807, 2.05) is 30.3 Å². The molecule has 2 rings (SSSR count). The zero-order chi connectivity index (χ0) is 10.7. The van der Waals surface area contributed by atoms with Crippen molar-refractivity contribution in [2.75, 3.05) is 0 Å². The highest BCUT2D eigenvalue weighted by Crippen LogP contribution is 2.16. The zero-order valence-electron chi connectivity index (χ0n) is 7.79. The van der Waals surface area contributed by atoms with Crippen molar-refractivity contribution >= 4 is 17.3 Å². The first-order chi connectivity index (χ1) is 7.27. The molecule has 0 saturated carbocycles. The van der Waals surface area contributed by atoms with Crippen molar-refractivity contribution < 1.29 is 5.11 Å². The van der Waals surface area contributed by atoms with Gasteiger partial charge < -0.3 is 5.11 Å². The average Bonchev–Trinajstić information content (AvgIpc) is 2.30. The molecule has 4 heteroatoms. The number of rotatable bonds is 2. The van der Waals surface area contributed by atoms with E-state index < -0.39 is 0 Å². The summed E-state index contributed by atoms with van der Waals surface area (Å²) in [6.07, 6.45) is 3.28. The number of aliphatic hydroxyl groups is 1. The Labute approximate surface area is 92.4 Å². The van der Waals surface area contributed by atoms with Gasteiger partial charge in [0.15, 0.2) is 0 Å². The average molecular weight is 216 g/mol. The van der Waals surface area contributed by atoms with Crippen LogP contribution in [-0.2, 0) is 0 Å². The van der Waals surface area contributed by atoms with Gasteiger partial charge >= 0.3 is 0 Å². The predicted octanol–water partition coefficient (Wildman–Crippen LogP) is 2.38. The monoisotopic (exact) mass is 216 g/mol. The molecule has 0 amide bonds.